The fraction of sp³-hybridized carbons (Fsp3) is 0.545. The van der Waals surface area contributed by atoms with Crippen molar-refractivity contribution in [3.63, 3.8) is 0 Å². The van der Waals surface area contributed by atoms with Gasteiger partial charge in [0.15, 0.2) is 5.03 Å². The van der Waals surface area contributed by atoms with Crippen molar-refractivity contribution in [2.75, 3.05) is 20.1 Å². The van der Waals surface area contributed by atoms with Crippen LogP contribution >= 0.6 is 0 Å². The molecule has 1 rings (SSSR count). The summed E-state index contributed by atoms with van der Waals surface area (Å²) in [5, 5.41) is 9.57. The second-order valence-electron chi connectivity index (χ2n) is 3.80. The predicted molar refractivity (Wildman–Crippen MR) is 69.4 cm³/mol. The summed E-state index contributed by atoms with van der Waals surface area (Å²) >= 11 is 0. The van der Waals surface area contributed by atoms with E-state index in [1.54, 1.807) is 20.9 Å². The van der Waals surface area contributed by atoms with Gasteiger partial charge in [0.05, 0.1) is 6.54 Å². The molecule has 0 bridgehead atoms. The molecule has 1 aromatic rings. The maximum absolute atomic E-state index is 12.4. The van der Waals surface area contributed by atoms with Crippen LogP contribution in [0.3, 0.4) is 0 Å². The lowest BCUT2D eigenvalue weighted by Crippen LogP contribution is -2.32. The van der Waals surface area contributed by atoms with Crippen molar-refractivity contribution in [1.82, 2.24) is 19.8 Å². The minimum Gasteiger partial charge on any atom is -0.316 e. The standard InChI is InChI=1S/C11H18N4O2S/c1-5-7-15(6-2)18(16,17)11-10(8-12-4)9(3)13-14-11/h1,12H,6-8H2,2-4H3,(H,13,14). The molecule has 1 aromatic heterocycles. The maximum Gasteiger partial charge on any atom is 0.263 e. The van der Waals surface area contributed by atoms with Crippen LogP contribution in [-0.4, -0.2) is 43.1 Å². The Balaban J connectivity index is 3.24. The molecule has 0 radical (unpaired) electrons. The lowest BCUT2D eigenvalue weighted by atomic mass is 10.3. The summed E-state index contributed by atoms with van der Waals surface area (Å²) in [5.41, 5.74) is 1.38. The number of aryl methyl sites for hydroxylation is 1. The van der Waals surface area contributed by atoms with E-state index in [9.17, 15) is 8.42 Å². The van der Waals surface area contributed by atoms with Crippen LogP contribution < -0.4 is 5.32 Å². The normalized spacial score (nSPS) is 11.7. The first-order valence-electron chi connectivity index (χ1n) is 5.61. The van der Waals surface area contributed by atoms with Gasteiger partial charge in [-0.3, -0.25) is 5.10 Å². The number of nitrogens with zero attached hydrogens (tertiary/aromatic N) is 2. The monoisotopic (exact) mass is 270 g/mol. The molecule has 0 aromatic carbocycles. The van der Waals surface area contributed by atoms with E-state index >= 15 is 0 Å². The molecule has 0 atom stereocenters. The second-order valence-corrected chi connectivity index (χ2v) is 5.65. The Labute approximate surface area is 108 Å². The largest absolute Gasteiger partial charge is 0.316 e. The molecular formula is C11H18N4O2S. The van der Waals surface area contributed by atoms with Crippen LogP contribution in [0.4, 0.5) is 0 Å². The van der Waals surface area contributed by atoms with Crippen LogP contribution in [0, 0.1) is 19.3 Å². The molecule has 6 nitrogen and oxygen atoms in total. The summed E-state index contributed by atoms with van der Waals surface area (Å²) in [6.45, 7) is 4.33. The zero-order valence-electron chi connectivity index (χ0n) is 10.8. The lowest BCUT2D eigenvalue weighted by Gasteiger charge is -2.17. The predicted octanol–water partition coefficient (Wildman–Crippen LogP) is 0.0813. The molecule has 100 valence electrons. The van der Waals surface area contributed by atoms with Crippen molar-refractivity contribution in [1.29, 1.82) is 0 Å². The zero-order valence-corrected chi connectivity index (χ0v) is 11.6. The van der Waals surface area contributed by atoms with E-state index in [1.165, 1.54) is 4.31 Å². The third kappa shape index (κ3) is 2.72. The van der Waals surface area contributed by atoms with Gasteiger partial charge in [-0.2, -0.15) is 9.40 Å². The molecule has 7 heteroatoms. The van der Waals surface area contributed by atoms with E-state index in [2.05, 4.69) is 21.4 Å². The van der Waals surface area contributed by atoms with Gasteiger partial charge in [0.1, 0.15) is 0 Å². The van der Waals surface area contributed by atoms with Crippen molar-refractivity contribution in [2.24, 2.45) is 0 Å². The molecule has 0 aliphatic heterocycles. The Bertz CT molecular complexity index is 542. The first-order chi connectivity index (χ1) is 8.48. The Morgan fingerprint density at radius 3 is 2.72 bits per heavy atom. The molecule has 0 fully saturated rings. The molecule has 0 saturated heterocycles. The van der Waals surface area contributed by atoms with Crippen molar-refractivity contribution in [3.8, 4) is 12.3 Å². The molecule has 0 saturated carbocycles. The number of aromatic nitrogens is 2. The van der Waals surface area contributed by atoms with Crippen LogP contribution in [0.1, 0.15) is 18.2 Å². The van der Waals surface area contributed by atoms with Gasteiger partial charge < -0.3 is 5.32 Å². The van der Waals surface area contributed by atoms with Crippen molar-refractivity contribution in [3.05, 3.63) is 11.3 Å². The van der Waals surface area contributed by atoms with E-state index in [0.29, 0.717) is 18.7 Å². The molecule has 0 amide bonds. The van der Waals surface area contributed by atoms with Crippen LogP contribution in [0.15, 0.2) is 5.03 Å². The van der Waals surface area contributed by atoms with Gasteiger partial charge in [-0.05, 0) is 14.0 Å². The summed E-state index contributed by atoms with van der Waals surface area (Å²) in [6.07, 6.45) is 5.19. The maximum atomic E-state index is 12.4. The molecule has 2 N–H and O–H groups in total. The smallest absolute Gasteiger partial charge is 0.263 e. The summed E-state index contributed by atoms with van der Waals surface area (Å²) < 4.78 is 26.0. The molecular weight excluding hydrogens is 252 g/mol. The molecule has 0 aliphatic carbocycles. The number of aromatic amines is 1. The fourth-order valence-electron chi connectivity index (χ4n) is 1.62. The highest BCUT2D eigenvalue weighted by atomic mass is 32.2. The van der Waals surface area contributed by atoms with Gasteiger partial charge in [-0.15, -0.1) is 6.42 Å². The van der Waals surface area contributed by atoms with Crippen molar-refractivity contribution in [2.45, 2.75) is 25.4 Å². The van der Waals surface area contributed by atoms with Gasteiger partial charge in [0.2, 0.25) is 0 Å². The Kier molecular flexibility index (Phi) is 4.90. The van der Waals surface area contributed by atoms with Gasteiger partial charge in [-0.1, -0.05) is 12.8 Å². The summed E-state index contributed by atoms with van der Waals surface area (Å²) in [6, 6.07) is 0. The van der Waals surface area contributed by atoms with Gasteiger partial charge in [0, 0.05) is 24.3 Å². The first kappa shape index (κ1) is 14.7. The van der Waals surface area contributed by atoms with Crippen LogP contribution in [0.25, 0.3) is 0 Å². The Hall–Kier alpha value is -1.36. The Morgan fingerprint density at radius 1 is 1.56 bits per heavy atom. The minimum absolute atomic E-state index is 0.0454. The summed E-state index contributed by atoms with van der Waals surface area (Å²) in [4.78, 5) is 0. The third-order valence-corrected chi connectivity index (χ3v) is 4.49. The number of nitrogens with one attached hydrogen (secondary N) is 2. The zero-order chi connectivity index (χ0) is 13.8. The van der Waals surface area contributed by atoms with Crippen molar-refractivity contribution >= 4 is 10.0 Å². The van der Waals surface area contributed by atoms with Crippen LogP contribution in [0.5, 0.6) is 0 Å². The molecule has 0 aliphatic rings. The van der Waals surface area contributed by atoms with E-state index in [1.807, 2.05) is 0 Å². The number of sulfonamides is 1. The number of terminal acetylenes is 1. The minimum atomic E-state index is -3.64. The highest BCUT2D eigenvalue weighted by molar-refractivity contribution is 7.89. The quantitative estimate of drug-likeness (QED) is 0.718. The molecule has 18 heavy (non-hydrogen) atoms. The number of hydrogen-bond acceptors (Lipinski definition) is 4. The topological polar surface area (TPSA) is 78.1 Å². The van der Waals surface area contributed by atoms with Gasteiger partial charge in [-0.25, -0.2) is 8.42 Å². The first-order valence-corrected chi connectivity index (χ1v) is 7.05. The molecule has 0 unspecified atom stereocenters. The fourth-order valence-corrected chi connectivity index (χ4v) is 3.15. The SMILES string of the molecule is C#CCN(CC)S(=O)(=O)c1n[nH]c(C)c1CNC. The summed E-state index contributed by atoms with van der Waals surface area (Å²) in [5.74, 6) is 2.35. The lowest BCUT2D eigenvalue weighted by molar-refractivity contribution is 0.460. The van der Waals surface area contributed by atoms with Crippen molar-refractivity contribution < 1.29 is 8.42 Å². The highest BCUT2D eigenvalue weighted by Crippen LogP contribution is 2.19. The van der Waals surface area contributed by atoms with E-state index < -0.39 is 10.0 Å². The average molecular weight is 270 g/mol. The third-order valence-electron chi connectivity index (χ3n) is 2.59. The van der Waals surface area contributed by atoms with Gasteiger partial charge in [0.25, 0.3) is 10.0 Å². The van der Waals surface area contributed by atoms with Gasteiger partial charge >= 0.3 is 0 Å². The average Bonchev–Trinajstić information content (AvgIpc) is 2.69. The van der Waals surface area contributed by atoms with E-state index in [0.717, 1.165) is 5.69 Å². The van der Waals surface area contributed by atoms with Crippen LogP contribution in [-0.2, 0) is 16.6 Å². The van der Waals surface area contributed by atoms with Crippen LogP contribution in [0.2, 0.25) is 0 Å². The summed E-state index contributed by atoms with van der Waals surface area (Å²) in [7, 11) is -1.88. The second kappa shape index (κ2) is 6.00. The van der Waals surface area contributed by atoms with E-state index in [-0.39, 0.29) is 11.6 Å². The molecule has 1 heterocycles. The van der Waals surface area contributed by atoms with E-state index in [4.69, 9.17) is 6.42 Å². The Morgan fingerprint density at radius 2 is 2.22 bits per heavy atom. The number of rotatable bonds is 6. The molecule has 0 spiro atoms. The number of H-pyrrole nitrogens is 1. The highest BCUT2D eigenvalue weighted by Gasteiger charge is 2.28. The number of hydrogen-bond donors (Lipinski definition) is 2.